The first-order chi connectivity index (χ1) is 8.58. The van der Waals surface area contributed by atoms with Crippen LogP contribution in [0.1, 0.15) is 25.1 Å². The summed E-state index contributed by atoms with van der Waals surface area (Å²) in [6, 6.07) is 10.3. The number of benzene rings is 1. The van der Waals surface area contributed by atoms with Crippen molar-refractivity contribution in [1.29, 1.82) is 0 Å². The molecule has 0 N–H and O–H groups in total. The maximum atomic E-state index is 5.73. The van der Waals surface area contributed by atoms with Crippen LogP contribution in [0.5, 0.6) is 5.75 Å². The molecule has 0 bridgehead atoms. The molecule has 0 unspecified atom stereocenters. The van der Waals surface area contributed by atoms with E-state index in [1.807, 2.05) is 39.1 Å². The molecule has 2 aromatic rings. The number of aryl methyl sites for hydroxylation is 1. The lowest BCUT2D eigenvalue weighted by atomic mass is 10.0. The van der Waals surface area contributed by atoms with E-state index in [1.54, 1.807) is 0 Å². The molecular weight excluding hydrogens is 222 g/mol. The Bertz CT molecular complexity index is 547. The summed E-state index contributed by atoms with van der Waals surface area (Å²) in [5, 5.41) is 0. The number of ether oxygens (including phenoxy) is 1. The number of hydrogen-bond donors (Lipinski definition) is 0. The van der Waals surface area contributed by atoms with Gasteiger partial charge >= 0.3 is 0 Å². The third-order valence-electron chi connectivity index (χ3n) is 2.97. The average molecular weight is 241 g/mol. The van der Waals surface area contributed by atoms with Gasteiger partial charge in [0.1, 0.15) is 5.75 Å². The number of nitrogens with zero attached hydrogens (tertiary/aromatic N) is 1. The second-order valence-electron chi connectivity index (χ2n) is 4.76. The topological polar surface area (TPSA) is 22.1 Å². The Kier molecular flexibility index (Phi) is 3.66. The van der Waals surface area contributed by atoms with E-state index >= 15 is 0 Å². The van der Waals surface area contributed by atoms with E-state index in [4.69, 9.17) is 4.74 Å². The van der Waals surface area contributed by atoms with Crippen molar-refractivity contribution in [3.8, 4) is 16.9 Å². The summed E-state index contributed by atoms with van der Waals surface area (Å²) in [6.07, 6.45) is 2.05. The van der Waals surface area contributed by atoms with Gasteiger partial charge in [-0.25, -0.2) is 0 Å². The predicted molar refractivity (Wildman–Crippen MR) is 74.9 cm³/mol. The van der Waals surface area contributed by atoms with E-state index in [9.17, 15) is 0 Å². The molecule has 0 spiro atoms. The zero-order valence-corrected chi connectivity index (χ0v) is 11.4. The van der Waals surface area contributed by atoms with E-state index in [2.05, 4.69) is 30.1 Å². The Hall–Kier alpha value is -1.83. The first kappa shape index (κ1) is 12.6. The zero-order chi connectivity index (χ0) is 13.1. The van der Waals surface area contributed by atoms with Crippen molar-refractivity contribution < 1.29 is 4.74 Å². The molecule has 0 aliphatic rings. The highest BCUT2D eigenvalue weighted by atomic mass is 16.5. The van der Waals surface area contributed by atoms with Crippen molar-refractivity contribution in [3.05, 3.63) is 47.8 Å². The molecule has 0 fully saturated rings. The van der Waals surface area contributed by atoms with Gasteiger partial charge in [0.2, 0.25) is 0 Å². The van der Waals surface area contributed by atoms with Crippen LogP contribution in [0.3, 0.4) is 0 Å². The minimum atomic E-state index is 0.195. The molecule has 0 saturated heterocycles. The van der Waals surface area contributed by atoms with Gasteiger partial charge in [0.25, 0.3) is 0 Å². The predicted octanol–water partition coefficient (Wildman–Crippen LogP) is 4.15. The second kappa shape index (κ2) is 5.21. The smallest absolute Gasteiger partial charge is 0.120 e. The van der Waals surface area contributed by atoms with Crippen molar-refractivity contribution >= 4 is 0 Å². The summed E-state index contributed by atoms with van der Waals surface area (Å²) in [6.45, 7) is 8.21. The summed E-state index contributed by atoms with van der Waals surface area (Å²) < 4.78 is 5.73. The first-order valence-electron chi connectivity index (χ1n) is 6.27. The van der Waals surface area contributed by atoms with Gasteiger partial charge in [-0.3, -0.25) is 4.98 Å². The minimum absolute atomic E-state index is 0.195. The fourth-order valence-electron chi connectivity index (χ4n) is 1.96. The number of hydrogen-bond acceptors (Lipinski definition) is 2. The largest absolute Gasteiger partial charge is 0.491 e. The molecule has 0 saturated carbocycles. The second-order valence-corrected chi connectivity index (χ2v) is 4.76. The normalized spacial score (nSPS) is 10.7. The quantitative estimate of drug-likeness (QED) is 0.805. The summed E-state index contributed by atoms with van der Waals surface area (Å²) in [4.78, 5) is 4.30. The number of aromatic nitrogens is 1. The van der Waals surface area contributed by atoms with E-state index in [-0.39, 0.29) is 6.10 Å². The lowest BCUT2D eigenvalue weighted by molar-refractivity contribution is 0.242. The summed E-state index contributed by atoms with van der Waals surface area (Å²) in [5.74, 6) is 0.913. The molecular formula is C16H19NO. The molecule has 0 radical (unpaired) electrons. The van der Waals surface area contributed by atoms with Crippen LogP contribution in [0.2, 0.25) is 0 Å². The summed E-state index contributed by atoms with van der Waals surface area (Å²) in [5.41, 5.74) is 4.69. The molecule has 1 aromatic carbocycles. The molecule has 0 aliphatic heterocycles. The molecule has 2 nitrogen and oxygen atoms in total. The molecule has 1 heterocycles. The maximum Gasteiger partial charge on any atom is 0.120 e. The Labute approximate surface area is 109 Å². The van der Waals surface area contributed by atoms with E-state index < -0.39 is 0 Å². The molecule has 18 heavy (non-hydrogen) atoms. The van der Waals surface area contributed by atoms with E-state index in [1.165, 1.54) is 16.7 Å². The fraction of sp³-hybridized carbons (Fsp3) is 0.312. The van der Waals surface area contributed by atoms with Gasteiger partial charge in [0.05, 0.1) is 6.10 Å². The Morgan fingerprint density at radius 3 is 2.61 bits per heavy atom. The van der Waals surface area contributed by atoms with Gasteiger partial charge < -0.3 is 4.74 Å². The van der Waals surface area contributed by atoms with Crippen LogP contribution < -0.4 is 4.74 Å². The number of pyridine rings is 1. The standard InChI is InChI=1S/C16H19NO/c1-11(2)18-15-7-5-6-14(10-15)16-8-9-17-13(4)12(16)3/h5-11H,1-4H3. The van der Waals surface area contributed by atoms with Gasteiger partial charge in [-0.15, -0.1) is 0 Å². The Balaban J connectivity index is 2.41. The molecule has 2 rings (SSSR count). The van der Waals surface area contributed by atoms with Crippen molar-refractivity contribution in [3.63, 3.8) is 0 Å². The average Bonchev–Trinajstić information content (AvgIpc) is 2.32. The highest BCUT2D eigenvalue weighted by Crippen LogP contribution is 2.27. The van der Waals surface area contributed by atoms with E-state index in [0.717, 1.165) is 11.4 Å². The van der Waals surface area contributed by atoms with Crippen LogP contribution in [0.4, 0.5) is 0 Å². The minimum Gasteiger partial charge on any atom is -0.491 e. The number of rotatable bonds is 3. The van der Waals surface area contributed by atoms with Crippen LogP contribution in [0, 0.1) is 13.8 Å². The Morgan fingerprint density at radius 1 is 1.11 bits per heavy atom. The van der Waals surface area contributed by atoms with Gasteiger partial charge in [-0.05, 0) is 62.6 Å². The third kappa shape index (κ3) is 2.70. The monoisotopic (exact) mass is 241 g/mol. The van der Waals surface area contributed by atoms with Gasteiger partial charge in [-0.1, -0.05) is 12.1 Å². The van der Waals surface area contributed by atoms with Crippen molar-refractivity contribution in [2.24, 2.45) is 0 Å². The van der Waals surface area contributed by atoms with Crippen LogP contribution >= 0.6 is 0 Å². The van der Waals surface area contributed by atoms with Gasteiger partial charge in [0.15, 0.2) is 0 Å². The Morgan fingerprint density at radius 2 is 1.89 bits per heavy atom. The van der Waals surface area contributed by atoms with E-state index in [0.29, 0.717) is 0 Å². The molecule has 94 valence electrons. The lowest BCUT2D eigenvalue weighted by Gasteiger charge is -2.12. The van der Waals surface area contributed by atoms with Gasteiger partial charge in [-0.2, -0.15) is 0 Å². The van der Waals surface area contributed by atoms with Crippen molar-refractivity contribution in [2.75, 3.05) is 0 Å². The van der Waals surface area contributed by atoms with Crippen molar-refractivity contribution in [1.82, 2.24) is 4.98 Å². The molecule has 2 heteroatoms. The summed E-state index contributed by atoms with van der Waals surface area (Å²) >= 11 is 0. The fourth-order valence-corrected chi connectivity index (χ4v) is 1.96. The molecule has 0 atom stereocenters. The third-order valence-corrected chi connectivity index (χ3v) is 2.97. The first-order valence-corrected chi connectivity index (χ1v) is 6.27. The molecule has 0 amide bonds. The molecule has 0 aliphatic carbocycles. The maximum absolute atomic E-state index is 5.73. The van der Waals surface area contributed by atoms with Crippen LogP contribution in [0.25, 0.3) is 11.1 Å². The summed E-state index contributed by atoms with van der Waals surface area (Å²) in [7, 11) is 0. The SMILES string of the molecule is Cc1nccc(-c2cccc(OC(C)C)c2)c1C. The highest BCUT2D eigenvalue weighted by molar-refractivity contribution is 5.68. The zero-order valence-electron chi connectivity index (χ0n) is 11.4. The van der Waals surface area contributed by atoms with Crippen LogP contribution in [0.15, 0.2) is 36.5 Å². The van der Waals surface area contributed by atoms with Crippen LogP contribution in [-0.2, 0) is 0 Å². The van der Waals surface area contributed by atoms with Crippen LogP contribution in [-0.4, -0.2) is 11.1 Å². The molecule has 1 aromatic heterocycles. The lowest BCUT2D eigenvalue weighted by Crippen LogP contribution is -2.05. The highest BCUT2D eigenvalue weighted by Gasteiger charge is 2.06. The van der Waals surface area contributed by atoms with Gasteiger partial charge in [0, 0.05) is 11.9 Å². The van der Waals surface area contributed by atoms with Crippen molar-refractivity contribution in [2.45, 2.75) is 33.8 Å².